The molecule has 0 bridgehead atoms. The van der Waals surface area contributed by atoms with Crippen LogP contribution in [0.4, 0.5) is 10.5 Å². The van der Waals surface area contributed by atoms with E-state index in [1.807, 2.05) is 62.5 Å². The van der Waals surface area contributed by atoms with Gasteiger partial charge in [0.2, 0.25) is 5.91 Å². The summed E-state index contributed by atoms with van der Waals surface area (Å²) in [5.74, 6) is 1.89. The number of ether oxygens (including phenoxy) is 2. The first-order valence-corrected chi connectivity index (χ1v) is 15.6. The van der Waals surface area contributed by atoms with Crippen LogP contribution >= 0.6 is 0 Å². The van der Waals surface area contributed by atoms with E-state index in [9.17, 15) is 9.59 Å². The highest BCUT2D eigenvalue weighted by molar-refractivity contribution is 5.99. The minimum absolute atomic E-state index is 0.142. The van der Waals surface area contributed by atoms with E-state index in [-0.39, 0.29) is 30.0 Å². The minimum Gasteiger partial charge on any atom is -0.456 e. The number of nitrogens with zero attached hydrogens (tertiary/aromatic N) is 5. The molecular weight excluding hydrogens is 542 g/mol. The Morgan fingerprint density at radius 3 is 2.33 bits per heavy atom. The van der Waals surface area contributed by atoms with Gasteiger partial charge < -0.3 is 19.3 Å². The Hall–Kier alpha value is -3.88. The second-order valence-corrected chi connectivity index (χ2v) is 13.4. The first kappa shape index (κ1) is 29.2. The van der Waals surface area contributed by atoms with Crippen LogP contribution in [0.5, 0.6) is 11.5 Å². The summed E-state index contributed by atoms with van der Waals surface area (Å²) in [6, 6.07) is 8.42. The van der Waals surface area contributed by atoms with Crippen LogP contribution in [-0.2, 0) is 16.0 Å². The fraction of sp³-hybridized carbons (Fsp3) is 0.529. The number of benzene rings is 1. The third-order valence-electron chi connectivity index (χ3n) is 8.59. The third-order valence-corrected chi connectivity index (χ3v) is 8.59. The van der Waals surface area contributed by atoms with Gasteiger partial charge in [0, 0.05) is 71.5 Å². The number of hydrogen-bond acceptors (Lipinski definition) is 6. The Morgan fingerprint density at radius 2 is 1.67 bits per heavy atom. The van der Waals surface area contributed by atoms with E-state index < -0.39 is 5.60 Å². The molecule has 9 nitrogen and oxygen atoms in total. The van der Waals surface area contributed by atoms with Gasteiger partial charge >= 0.3 is 6.09 Å². The van der Waals surface area contributed by atoms with E-state index >= 15 is 0 Å². The van der Waals surface area contributed by atoms with Gasteiger partial charge in [-0.05, 0) is 92.2 Å². The van der Waals surface area contributed by atoms with Crippen LogP contribution in [0.3, 0.4) is 0 Å². The number of pyridine rings is 1. The average Bonchev–Trinajstić information content (AvgIpc) is 3.68. The first-order valence-electron chi connectivity index (χ1n) is 15.6. The molecule has 1 aliphatic carbocycles. The van der Waals surface area contributed by atoms with Crippen molar-refractivity contribution >= 4 is 17.7 Å². The van der Waals surface area contributed by atoms with Crippen molar-refractivity contribution in [3.8, 4) is 22.6 Å². The van der Waals surface area contributed by atoms with Crippen LogP contribution in [-0.4, -0.2) is 56.4 Å². The SMILES string of the molecule is Cc1cc(Oc2c(-c3cnn(C4CCN(C(=O)OC(C)(C)C)CC4)c3)ccc3c2CC[C@H](C)N3C(=O)C2CC2)cc(C)n1. The van der Waals surface area contributed by atoms with Crippen molar-refractivity contribution < 1.29 is 19.1 Å². The quantitative estimate of drug-likeness (QED) is 0.320. The number of hydrogen-bond donors (Lipinski definition) is 0. The molecule has 3 aromatic rings. The van der Waals surface area contributed by atoms with E-state index in [2.05, 4.69) is 30.2 Å². The van der Waals surface area contributed by atoms with Crippen molar-refractivity contribution in [3.63, 3.8) is 0 Å². The molecule has 4 heterocycles. The van der Waals surface area contributed by atoms with Gasteiger partial charge in [-0.1, -0.05) is 0 Å². The molecule has 2 fully saturated rings. The van der Waals surface area contributed by atoms with Crippen molar-refractivity contribution in [2.24, 2.45) is 5.92 Å². The molecule has 0 N–H and O–H groups in total. The summed E-state index contributed by atoms with van der Waals surface area (Å²) in [5, 5.41) is 4.77. The Morgan fingerprint density at radius 1 is 0.977 bits per heavy atom. The number of aromatic nitrogens is 3. The lowest BCUT2D eigenvalue weighted by atomic mass is 9.92. The summed E-state index contributed by atoms with van der Waals surface area (Å²) < 4.78 is 14.3. The number of anilines is 1. The molecule has 2 amide bonds. The van der Waals surface area contributed by atoms with E-state index in [0.717, 1.165) is 83.8 Å². The van der Waals surface area contributed by atoms with Gasteiger partial charge in [-0.25, -0.2) is 4.79 Å². The number of carbonyl (C=O) groups excluding carboxylic acids is 2. The second-order valence-electron chi connectivity index (χ2n) is 13.4. The van der Waals surface area contributed by atoms with Gasteiger partial charge in [0.1, 0.15) is 17.1 Å². The van der Waals surface area contributed by atoms with Gasteiger partial charge in [0.15, 0.2) is 0 Å². The molecule has 1 saturated heterocycles. The number of aryl methyl sites for hydroxylation is 2. The summed E-state index contributed by atoms with van der Waals surface area (Å²) in [5.41, 5.74) is 5.23. The van der Waals surface area contributed by atoms with E-state index in [1.165, 1.54) is 0 Å². The van der Waals surface area contributed by atoms with Gasteiger partial charge in [0.25, 0.3) is 0 Å². The molecule has 228 valence electrons. The van der Waals surface area contributed by atoms with E-state index in [1.54, 1.807) is 4.90 Å². The summed E-state index contributed by atoms with van der Waals surface area (Å²) in [6.07, 6.45) is 9.01. The highest BCUT2D eigenvalue weighted by Gasteiger charge is 2.39. The molecule has 9 heteroatoms. The van der Waals surface area contributed by atoms with Gasteiger partial charge in [-0.2, -0.15) is 5.10 Å². The van der Waals surface area contributed by atoms with Crippen molar-refractivity contribution in [2.45, 2.75) is 97.8 Å². The smallest absolute Gasteiger partial charge is 0.410 e. The maximum atomic E-state index is 13.4. The van der Waals surface area contributed by atoms with Crippen molar-refractivity contribution in [1.82, 2.24) is 19.7 Å². The van der Waals surface area contributed by atoms with Crippen molar-refractivity contribution in [1.29, 1.82) is 0 Å². The summed E-state index contributed by atoms with van der Waals surface area (Å²) in [6.45, 7) is 13.0. The average molecular weight is 586 g/mol. The topological polar surface area (TPSA) is 89.8 Å². The first-order chi connectivity index (χ1) is 20.5. The standard InChI is InChI=1S/C34H43N5O4/c1-21-17-27(18-22(2)36-21)42-31-28(11-12-30-29(31)10-7-23(3)39(30)32(40)24-8-9-24)25-19-35-38(20-25)26-13-15-37(16-14-26)33(41)43-34(4,5)6/h11-12,17-20,23-24,26H,7-10,13-16H2,1-6H3/t23-/m0/s1. The van der Waals surface area contributed by atoms with Crippen molar-refractivity contribution in [3.05, 3.63) is 53.6 Å². The Kier molecular flexibility index (Phi) is 7.69. The van der Waals surface area contributed by atoms with E-state index in [4.69, 9.17) is 14.6 Å². The highest BCUT2D eigenvalue weighted by Crippen LogP contribution is 2.46. The van der Waals surface area contributed by atoms with Crippen LogP contribution < -0.4 is 9.64 Å². The predicted octanol–water partition coefficient (Wildman–Crippen LogP) is 7.00. The maximum absolute atomic E-state index is 13.4. The van der Waals surface area contributed by atoms with Crippen molar-refractivity contribution in [2.75, 3.05) is 18.0 Å². The number of rotatable bonds is 5. The van der Waals surface area contributed by atoms with Gasteiger partial charge in [-0.3, -0.25) is 14.5 Å². The Bertz CT molecular complexity index is 1510. The lowest BCUT2D eigenvalue weighted by Gasteiger charge is -2.36. The normalized spacial score (nSPS) is 19.3. The van der Waals surface area contributed by atoms with E-state index in [0.29, 0.717) is 13.1 Å². The zero-order chi connectivity index (χ0) is 30.5. The van der Waals surface area contributed by atoms with Crippen LogP contribution in [0.25, 0.3) is 11.1 Å². The number of amides is 2. The van der Waals surface area contributed by atoms with Gasteiger partial charge in [0.05, 0.1) is 17.9 Å². The zero-order valence-corrected chi connectivity index (χ0v) is 26.2. The molecule has 43 heavy (non-hydrogen) atoms. The fourth-order valence-corrected chi connectivity index (χ4v) is 6.30. The molecular formula is C34H43N5O4. The summed E-state index contributed by atoms with van der Waals surface area (Å²) in [7, 11) is 0. The fourth-order valence-electron chi connectivity index (χ4n) is 6.30. The number of piperidine rings is 1. The second kappa shape index (κ2) is 11.3. The molecule has 0 radical (unpaired) electrons. The Balaban J connectivity index is 1.31. The summed E-state index contributed by atoms with van der Waals surface area (Å²) in [4.78, 5) is 34.3. The molecule has 1 aromatic carbocycles. The van der Waals surface area contributed by atoms with Crippen LogP contribution in [0.1, 0.15) is 82.8 Å². The molecule has 0 spiro atoms. The lowest BCUT2D eigenvalue weighted by Crippen LogP contribution is -2.43. The molecule has 1 atom stereocenters. The number of likely N-dealkylation sites (tertiary alicyclic amines) is 1. The number of carbonyl (C=O) groups is 2. The van der Waals surface area contributed by atoms with Crippen LogP contribution in [0, 0.1) is 19.8 Å². The largest absolute Gasteiger partial charge is 0.456 e. The molecule has 2 aromatic heterocycles. The summed E-state index contributed by atoms with van der Waals surface area (Å²) >= 11 is 0. The van der Waals surface area contributed by atoms with Gasteiger partial charge in [-0.15, -0.1) is 0 Å². The highest BCUT2D eigenvalue weighted by atomic mass is 16.6. The molecule has 0 unspecified atom stereocenters. The monoisotopic (exact) mass is 585 g/mol. The zero-order valence-electron chi connectivity index (χ0n) is 26.2. The molecule has 6 rings (SSSR count). The maximum Gasteiger partial charge on any atom is 0.410 e. The Labute approximate surface area is 254 Å². The number of fused-ring (bicyclic) bond motifs is 1. The molecule has 2 aliphatic heterocycles. The molecule has 3 aliphatic rings. The minimum atomic E-state index is -0.507. The van der Waals surface area contributed by atoms with Crippen LogP contribution in [0.2, 0.25) is 0 Å². The lowest BCUT2D eigenvalue weighted by molar-refractivity contribution is -0.120. The molecule has 1 saturated carbocycles. The third kappa shape index (κ3) is 6.26. The predicted molar refractivity (Wildman–Crippen MR) is 166 cm³/mol. The van der Waals surface area contributed by atoms with Crippen LogP contribution in [0.15, 0.2) is 36.7 Å².